The van der Waals surface area contributed by atoms with Gasteiger partial charge in [-0.1, -0.05) is 6.07 Å². The molecule has 9 heteroatoms. The SMILES string of the molecule is CC1=NN(c2ccc3c(c2)CCCC3)C(=O)/C1=N\Nc1cc(C)cc(-c2ccc(C(=O)O)o2)c1O. The van der Waals surface area contributed by atoms with Crippen LogP contribution in [-0.2, 0) is 17.6 Å². The minimum atomic E-state index is -1.20. The zero-order valence-corrected chi connectivity index (χ0v) is 19.3. The Hall–Kier alpha value is -4.40. The van der Waals surface area contributed by atoms with Crippen LogP contribution in [-0.4, -0.2) is 33.5 Å². The van der Waals surface area contributed by atoms with Crippen molar-refractivity contribution in [2.45, 2.75) is 39.5 Å². The second kappa shape index (κ2) is 8.75. The number of phenolic OH excluding ortho intramolecular Hbond substituents is 1. The van der Waals surface area contributed by atoms with Crippen molar-refractivity contribution >= 4 is 34.7 Å². The molecule has 2 aliphatic rings. The Morgan fingerprint density at radius 2 is 1.86 bits per heavy atom. The first kappa shape index (κ1) is 22.4. The fourth-order valence-corrected chi connectivity index (χ4v) is 4.42. The van der Waals surface area contributed by atoms with E-state index >= 15 is 0 Å². The van der Waals surface area contributed by atoms with E-state index in [1.807, 2.05) is 19.1 Å². The van der Waals surface area contributed by atoms with Crippen LogP contribution in [0.25, 0.3) is 11.3 Å². The number of amides is 1. The number of rotatable bonds is 5. The van der Waals surface area contributed by atoms with Gasteiger partial charge in [-0.25, -0.2) is 4.79 Å². The molecular weight excluding hydrogens is 448 g/mol. The van der Waals surface area contributed by atoms with E-state index in [0.717, 1.165) is 24.8 Å². The lowest BCUT2D eigenvalue weighted by molar-refractivity contribution is -0.112. The minimum Gasteiger partial charge on any atom is -0.505 e. The Balaban J connectivity index is 1.41. The topological polar surface area (TPSA) is 128 Å². The first-order valence-corrected chi connectivity index (χ1v) is 11.3. The van der Waals surface area contributed by atoms with Crippen LogP contribution < -0.4 is 10.4 Å². The fraction of sp³-hybridized carbons (Fsp3) is 0.231. The summed E-state index contributed by atoms with van der Waals surface area (Å²) in [5.74, 6) is -1.78. The molecule has 1 amide bonds. The molecule has 2 heterocycles. The van der Waals surface area contributed by atoms with Crippen molar-refractivity contribution < 1.29 is 24.2 Å². The lowest BCUT2D eigenvalue weighted by Gasteiger charge is -2.19. The molecule has 3 N–H and O–H groups in total. The van der Waals surface area contributed by atoms with Gasteiger partial charge in [0.2, 0.25) is 5.76 Å². The van der Waals surface area contributed by atoms with Crippen molar-refractivity contribution in [1.29, 1.82) is 0 Å². The lowest BCUT2D eigenvalue weighted by atomic mass is 9.91. The molecule has 0 atom stereocenters. The van der Waals surface area contributed by atoms with Crippen LogP contribution in [0, 0.1) is 6.92 Å². The van der Waals surface area contributed by atoms with Gasteiger partial charge in [0.15, 0.2) is 11.5 Å². The maximum Gasteiger partial charge on any atom is 0.371 e. The molecular formula is C26H24N4O5. The van der Waals surface area contributed by atoms with Gasteiger partial charge in [-0.15, -0.1) is 0 Å². The molecule has 0 spiro atoms. The highest BCUT2D eigenvalue weighted by atomic mass is 16.4. The van der Waals surface area contributed by atoms with Crippen molar-refractivity contribution in [3.05, 3.63) is 64.9 Å². The molecule has 3 aromatic rings. The number of furan rings is 1. The van der Waals surface area contributed by atoms with Gasteiger partial charge in [0.05, 0.1) is 22.6 Å². The zero-order chi connectivity index (χ0) is 24.7. The summed E-state index contributed by atoms with van der Waals surface area (Å²) >= 11 is 0. The highest BCUT2D eigenvalue weighted by molar-refractivity contribution is 6.71. The van der Waals surface area contributed by atoms with Crippen LogP contribution in [0.15, 0.2) is 57.1 Å². The average Bonchev–Trinajstić information content (AvgIpc) is 3.44. The third kappa shape index (κ3) is 4.16. The summed E-state index contributed by atoms with van der Waals surface area (Å²) in [5, 5.41) is 29.9. The molecule has 0 saturated carbocycles. The number of aromatic hydroxyl groups is 1. The number of anilines is 2. The van der Waals surface area contributed by atoms with Gasteiger partial charge in [-0.2, -0.15) is 15.2 Å². The summed E-state index contributed by atoms with van der Waals surface area (Å²) in [6.07, 6.45) is 4.37. The summed E-state index contributed by atoms with van der Waals surface area (Å²) in [5.41, 5.74) is 7.94. The highest BCUT2D eigenvalue weighted by Crippen LogP contribution is 2.38. The van der Waals surface area contributed by atoms with Crippen LogP contribution in [0.3, 0.4) is 0 Å². The Labute approximate surface area is 201 Å². The highest BCUT2D eigenvalue weighted by Gasteiger charge is 2.31. The third-order valence-electron chi connectivity index (χ3n) is 6.19. The van der Waals surface area contributed by atoms with Gasteiger partial charge >= 0.3 is 11.9 Å². The molecule has 1 aliphatic carbocycles. The molecule has 0 unspecified atom stereocenters. The maximum atomic E-state index is 13.1. The predicted octanol–water partition coefficient (Wildman–Crippen LogP) is 4.73. The molecule has 0 saturated heterocycles. The van der Waals surface area contributed by atoms with E-state index in [4.69, 9.17) is 9.52 Å². The number of hydrogen-bond acceptors (Lipinski definition) is 7. The van der Waals surface area contributed by atoms with Crippen LogP contribution in [0.5, 0.6) is 5.75 Å². The summed E-state index contributed by atoms with van der Waals surface area (Å²) < 4.78 is 5.33. The largest absolute Gasteiger partial charge is 0.505 e. The van der Waals surface area contributed by atoms with Gasteiger partial charge in [-0.05, 0) is 92.6 Å². The van der Waals surface area contributed by atoms with Gasteiger partial charge in [0.25, 0.3) is 0 Å². The molecule has 2 aromatic carbocycles. The number of nitrogens with zero attached hydrogens (tertiary/aromatic N) is 3. The first-order chi connectivity index (χ1) is 16.8. The van der Waals surface area contributed by atoms with Crippen molar-refractivity contribution in [3.63, 3.8) is 0 Å². The van der Waals surface area contributed by atoms with E-state index < -0.39 is 5.97 Å². The van der Waals surface area contributed by atoms with Crippen LogP contribution in [0.1, 0.15) is 47.0 Å². The zero-order valence-electron chi connectivity index (χ0n) is 19.3. The number of hydrazone groups is 2. The second-order valence-corrected chi connectivity index (χ2v) is 8.71. The number of benzene rings is 2. The number of fused-ring (bicyclic) bond motifs is 1. The molecule has 5 rings (SSSR count). The van der Waals surface area contributed by atoms with Crippen molar-refractivity contribution in [2.24, 2.45) is 10.2 Å². The smallest absolute Gasteiger partial charge is 0.371 e. The molecule has 0 bridgehead atoms. The third-order valence-corrected chi connectivity index (χ3v) is 6.19. The minimum absolute atomic E-state index is 0.135. The normalized spacial score (nSPS) is 16.4. The standard InChI is InChI=1S/C26H24N4O5/c1-14-11-19(21-9-10-22(35-21)26(33)34)24(31)20(12-14)27-28-23-15(2)29-30(25(23)32)18-8-7-16-5-3-4-6-17(16)13-18/h7-13,27,31H,3-6H2,1-2H3,(H,33,34)/b28-23-. The molecule has 1 aliphatic heterocycles. The molecule has 0 fully saturated rings. The van der Waals surface area contributed by atoms with Crippen LogP contribution in [0.2, 0.25) is 0 Å². The summed E-state index contributed by atoms with van der Waals surface area (Å²) in [7, 11) is 0. The average molecular weight is 473 g/mol. The number of nitrogens with one attached hydrogen (secondary N) is 1. The van der Waals surface area contributed by atoms with Crippen LogP contribution >= 0.6 is 0 Å². The van der Waals surface area contributed by atoms with E-state index in [9.17, 15) is 14.7 Å². The predicted molar refractivity (Wildman–Crippen MR) is 132 cm³/mol. The number of carbonyl (C=O) groups excluding carboxylic acids is 1. The first-order valence-electron chi connectivity index (χ1n) is 11.3. The molecule has 178 valence electrons. The van der Waals surface area contributed by atoms with E-state index in [1.54, 1.807) is 19.1 Å². The molecule has 0 radical (unpaired) electrons. The number of carboxylic acids is 1. The van der Waals surface area contributed by atoms with Crippen molar-refractivity contribution in [3.8, 4) is 17.1 Å². The Bertz CT molecular complexity index is 1420. The number of phenols is 1. The molecule has 1 aromatic heterocycles. The number of carboxylic acid groups (broad SMARTS) is 1. The van der Waals surface area contributed by atoms with Gasteiger partial charge in [-0.3, -0.25) is 10.2 Å². The number of hydrogen-bond donors (Lipinski definition) is 3. The van der Waals surface area contributed by atoms with E-state index in [1.165, 1.54) is 34.7 Å². The molecule has 9 nitrogen and oxygen atoms in total. The Morgan fingerprint density at radius 3 is 2.60 bits per heavy atom. The summed E-state index contributed by atoms with van der Waals surface area (Å²) in [4.78, 5) is 24.3. The Morgan fingerprint density at radius 1 is 1.09 bits per heavy atom. The van der Waals surface area contributed by atoms with Gasteiger partial charge in [0.1, 0.15) is 5.76 Å². The van der Waals surface area contributed by atoms with Crippen LogP contribution in [0.4, 0.5) is 11.4 Å². The van der Waals surface area contributed by atoms with Gasteiger partial charge in [0, 0.05) is 0 Å². The van der Waals surface area contributed by atoms with E-state index in [-0.39, 0.29) is 34.6 Å². The lowest BCUT2D eigenvalue weighted by Crippen LogP contribution is -2.28. The fourth-order valence-electron chi connectivity index (χ4n) is 4.42. The maximum absolute atomic E-state index is 13.1. The summed E-state index contributed by atoms with van der Waals surface area (Å²) in [6, 6.07) is 12.1. The van der Waals surface area contributed by atoms with E-state index in [0.29, 0.717) is 17.0 Å². The Kier molecular flexibility index (Phi) is 5.60. The monoisotopic (exact) mass is 472 g/mol. The summed E-state index contributed by atoms with van der Waals surface area (Å²) in [6.45, 7) is 3.52. The number of carbonyl (C=O) groups is 2. The molecule has 35 heavy (non-hydrogen) atoms. The number of aryl methyl sites for hydroxylation is 3. The van der Waals surface area contributed by atoms with E-state index in [2.05, 4.69) is 21.7 Å². The van der Waals surface area contributed by atoms with Gasteiger partial charge < -0.3 is 14.6 Å². The second-order valence-electron chi connectivity index (χ2n) is 8.71. The van der Waals surface area contributed by atoms with Crippen molar-refractivity contribution in [1.82, 2.24) is 0 Å². The quantitative estimate of drug-likeness (QED) is 0.364. The number of aromatic carboxylic acids is 1. The van der Waals surface area contributed by atoms with Crippen molar-refractivity contribution in [2.75, 3.05) is 10.4 Å².